The van der Waals surface area contributed by atoms with Gasteiger partial charge in [-0.25, -0.2) is 9.18 Å². The molecule has 1 aromatic heterocycles. The Morgan fingerprint density at radius 2 is 1.77 bits per heavy atom. The largest absolute Gasteiger partial charge is 0.493 e. The number of halogens is 1. The monoisotopic (exact) mass is 647 g/mol. The highest BCUT2D eigenvalue weighted by Gasteiger charge is 2.37. The second kappa shape index (κ2) is 14.7. The van der Waals surface area contributed by atoms with Gasteiger partial charge in [0, 0.05) is 55.3 Å². The summed E-state index contributed by atoms with van der Waals surface area (Å²) in [5.74, 6) is -0.0832. The fourth-order valence-corrected chi connectivity index (χ4v) is 6.21. The van der Waals surface area contributed by atoms with E-state index in [1.807, 2.05) is 52.0 Å². The minimum atomic E-state index is -1.19. The standard InChI is InChI=1S/C38H50FN3O5/c1-25-32(35(36(43)44)47-37(2,3)4)34(42-18-16-38(5,6)17-19-42)33(31(41-25)22-40-21-27-23-45-24-27)28-9-13-30(14-10-28)46-20-15-26-7-11-29(39)12-8-26/h7-14,27,35,40H,15-24H2,1-6H3,(H,43,44)/t35-/m0/s1. The van der Waals surface area contributed by atoms with Crippen molar-refractivity contribution >= 4 is 11.7 Å². The first-order valence-electron chi connectivity index (χ1n) is 16.7. The molecule has 0 aliphatic carbocycles. The lowest BCUT2D eigenvalue weighted by Crippen LogP contribution is -2.40. The third-order valence-electron chi connectivity index (χ3n) is 9.01. The molecule has 2 N–H and O–H groups in total. The molecule has 2 aliphatic heterocycles. The Labute approximate surface area is 278 Å². The van der Waals surface area contributed by atoms with Crippen LogP contribution in [0.2, 0.25) is 0 Å². The van der Waals surface area contributed by atoms with Gasteiger partial charge in [-0.1, -0.05) is 38.1 Å². The lowest BCUT2D eigenvalue weighted by Gasteiger charge is -2.41. The van der Waals surface area contributed by atoms with Crippen LogP contribution in [0.1, 0.15) is 76.1 Å². The number of benzene rings is 2. The van der Waals surface area contributed by atoms with Gasteiger partial charge in [-0.2, -0.15) is 0 Å². The van der Waals surface area contributed by atoms with E-state index in [9.17, 15) is 14.3 Å². The Morgan fingerprint density at radius 1 is 1.11 bits per heavy atom. The molecule has 0 radical (unpaired) electrons. The number of aryl methyl sites for hydroxylation is 1. The van der Waals surface area contributed by atoms with Crippen molar-refractivity contribution < 1.29 is 28.5 Å². The Morgan fingerprint density at radius 3 is 2.34 bits per heavy atom. The van der Waals surface area contributed by atoms with E-state index >= 15 is 0 Å². The van der Waals surface area contributed by atoms with Gasteiger partial charge in [-0.15, -0.1) is 0 Å². The number of pyridine rings is 1. The maximum absolute atomic E-state index is 13.3. The summed E-state index contributed by atoms with van der Waals surface area (Å²) in [4.78, 5) is 20.4. The number of hydrogen-bond donors (Lipinski definition) is 2. The minimum absolute atomic E-state index is 0.204. The van der Waals surface area contributed by atoms with Crippen LogP contribution < -0.4 is 15.0 Å². The number of hydrogen-bond acceptors (Lipinski definition) is 7. The summed E-state index contributed by atoms with van der Waals surface area (Å²) < 4.78 is 31.0. The number of aromatic nitrogens is 1. The molecule has 1 atom stereocenters. The van der Waals surface area contributed by atoms with Crippen molar-refractivity contribution in [2.45, 2.75) is 79.1 Å². The number of rotatable bonds is 13. The fraction of sp³-hybridized carbons (Fsp3) is 0.526. The van der Waals surface area contributed by atoms with Crippen LogP contribution in [0, 0.1) is 24.1 Å². The smallest absolute Gasteiger partial charge is 0.337 e. The molecule has 8 nitrogen and oxygen atoms in total. The Balaban J connectivity index is 1.55. The lowest BCUT2D eigenvalue weighted by atomic mass is 9.81. The van der Waals surface area contributed by atoms with Gasteiger partial charge in [-0.3, -0.25) is 4.98 Å². The van der Waals surface area contributed by atoms with Crippen LogP contribution in [0.15, 0.2) is 48.5 Å². The molecule has 5 rings (SSSR count). The average Bonchev–Trinajstić information content (AvgIpc) is 2.98. The van der Waals surface area contributed by atoms with E-state index in [1.165, 1.54) is 12.1 Å². The molecule has 3 heterocycles. The first kappa shape index (κ1) is 34.8. The van der Waals surface area contributed by atoms with Crippen LogP contribution >= 0.6 is 0 Å². The highest BCUT2D eigenvalue weighted by Crippen LogP contribution is 2.45. The van der Waals surface area contributed by atoms with Crippen LogP contribution in [0.25, 0.3) is 11.1 Å². The molecule has 2 fully saturated rings. The van der Waals surface area contributed by atoms with E-state index in [4.69, 9.17) is 19.2 Å². The van der Waals surface area contributed by atoms with Gasteiger partial charge < -0.3 is 29.5 Å². The van der Waals surface area contributed by atoms with Crippen LogP contribution in [-0.4, -0.2) is 61.1 Å². The highest BCUT2D eigenvalue weighted by atomic mass is 19.1. The Bertz CT molecular complexity index is 1500. The van der Waals surface area contributed by atoms with Crippen LogP contribution in [0.5, 0.6) is 5.75 Å². The molecular weight excluding hydrogens is 597 g/mol. The molecule has 2 aromatic carbocycles. The summed E-state index contributed by atoms with van der Waals surface area (Å²) in [6.45, 7) is 17.1. The van der Waals surface area contributed by atoms with Crippen molar-refractivity contribution in [1.29, 1.82) is 0 Å². The number of piperidine rings is 1. The second-order valence-corrected chi connectivity index (χ2v) is 14.7. The average molecular weight is 648 g/mol. The second-order valence-electron chi connectivity index (χ2n) is 14.7. The first-order valence-corrected chi connectivity index (χ1v) is 16.7. The zero-order valence-corrected chi connectivity index (χ0v) is 28.7. The normalized spacial score (nSPS) is 17.3. The molecule has 0 amide bonds. The molecule has 254 valence electrons. The molecule has 0 bridgehead atoms. The summed E-state index contributed by atoms with van der Waals surface area (Å²) in [6.07, 6.45) is 1.45. The van der Waals surface area contributed by atoms with Gasteiger partial charge in [0.15, 0.2) is 6.10 Å². The van der Waals surface area contributed by atoms with Gasteiger partial charge in [0.25, 0.3) is 0 Å². The van der Waals surface area contributed by atoms with E-state index in [0.717, 1.165) is 79.5 Å². The van der Waals surface area contributed by atoms with Gasteiger partial charge in [0.1, 0.15) is 11.6 Å². The van der Waals surface area contributed by atoms with Gasteiger partial charge >= 0.3 is 5.97 Å². The number of anilines is 1. The molecule has 47 heavy (non-hydrogen) atoms. The molecule has 9 heteroatoms. The van der Waals surface area contributed by atoms with Crippen molar-refractivity contribution in [1.82, 2.24) is 10.3 Å². The number of carboxylic acid groups (broad SMARTS) is 1. The molecule has 0 spiro atoms. The van der Waals surface area contributed by atoms with Crippen LogP contribution in [0.3, 0.4) is 0 Å². The quantitative estimate of drug-likeness (QED) is 0.203. The molecule has 3 aromatic rings. The summed E-state index contributed by atoms with van der Waals surface area (Å²) in [5, 5.41) is 14.2. The van der Waals surface area contributed by atoms with E-state index in [0.29, 0.717) is 36.7 Å². The predicted octanol–water partition coefficient (Wildman–Crippen LogP) is 7.12. The molecule has 2 saturated heterocycles. The van der Waals surface area contributed by atoms with E-state index in [1.54, 1.807) is 12.1 Å². The predicted molar refractivity (Wildman–Crippen MR) is 182 cm³/mol. The first-order chi connectivity index (χ1) is 22.3. The summed E-state index contributed by atoms with van der Waals surface area (Å²) in [6, 6.07) is 14.4. The lowest BCUT2D eigenvalue weighted by molar-refractivity contribution is -0.160. The number of carboxylic acids is 1. The van der Waals surface area contributed by atoms with E-state index in [2.05, 4.69) is 24.1 Å². The summed E-state index contributed by atoms with van der Waals surface area (Å²) >= 11 is 0. The summed E-state index contributed by atoms with van der Waals surface area (Å²) in [7, 11) is 0. The third-order valence-corrected chi connectivity index (χ3v) is 9.01. The topological polar surface area (TPSA) is 93.2 Å². The molecule has 0 unspecified atom stereocenters. The van der Waals surface area contributed by atoms with Gasteiger partial charge in [-0.05, 0) is 81.3 Å². The van der Waals surface area contributed by atoms with E-state index < -0.39 is 17.7 Å². The van der Waals surface area contributed by atoms with Gasteiger partial charge in [0.05, 0.1) is 36.8 Å². The maximum Gasteiger partial charge on any atom is 0.337 e. The number of nitrogens with zero attached hydrogens (tertiary/aromatic N) is 2. The molecule has 2 aliphatic rings. The van der Waals surface area contributed by atoms with Gasteiger partial charge in [0.2, 0.25) is 0 Å². The van der Waals surface area contributed by atoms with Crippen molar-refractivity contribution in [3.8, 4) is 16.9 Å². The van der Waals surface area contributed by atoms with Crippen LogP contribution in [0.4, 0.5) is 10.1 Å². The van der Waals surface area contributed by atoms with Crippen LogP contribution in [-0.2, 0) is 27.2 Å². The Kier molecular flexibility index (Phi) is 10.9. The fourth-order valence-electron chi connectivity index (χ4n) is 6.21. The summed E-state index contributed by atoms with van der Waals surface area (Å²) in [5.41, 5.74) is 5.41. The Hall–Kier alpha value is -3.53. The number of aliphatic carboxylic acids is 1. The minimum Gasteiger partial charge on any atom is -0.493 e. The zero-order chi connectivity index (χ0) is 33.8. The number of ether oxygens (including phenoxy) is 3. The number of nitrogens with one attached hydrogen (secondary N) is 1. The molecule has 0 saturated carbocycles. The third kappa shape index (κ3) is 9.09. The SMILES string of the molecule is Cc1nc(CNCC2COC2)c(-c2ccc(OCCc3ccc(F)cc3)cc2)c(N2CCC(C)(C)CC2)c1[C@H](OC(C)(C)C)C(=O)O. The van der Waals surface area contributed by atoms with Crippen molar-refractivity contribution in [2.75, 3.05) is 44.4 Å². The van der Waals surface area contributed by atoms with Crippen molar-refractivity contribution in [2.24, 2.45) is 11.3 Å². The van der Waals surface area contributed by atoms with Crippen molar-refractivity contribution in [3.05, 3.63) is 76.9 Å². The maximum atomic E-state index is 13.3. The highest BCUT2D eigenvalue weighted by molar-refractivity contribution is 5.88. The number of carbonyl (C=O) groups is 1. The zero-order valence-electron chi connectivity index (χ0n) is 28.7. The van der Waals surface area contributed by atoms with Crippen molar-refractivity contribution in [3.63, 3.8) is 0 Å². The van der Waals surface area contributed by atoms with E-state index in [-0.39, 0.29) is 11.2 Å². The molecular formula is C38H50FN3O5.